The molecule has 0 amide bonds. The SMILES string of the molecule is CC1CCC(CN)CN1CCOc1ccccc1Cl. The third-order valence-electron chi connectivity index (χ3n) is 3.91. The fourth-order valence-electron chi connectivity index (χ4n) is 2.60. The lowest BCUT2D eigenvalue weighted by Gasteiger charge is -2.37. The number of likely N-dealkylation sites (tertiary alicyclic amines) is 1. The summed E-state index contributed by atoms with van der Waals surface area (Å²) in [5, 5.41) is 0.675. The zero-order chi connectivity index (χ0) is 13.7. The van der Waals surface area contributed by atoms with Crippen molar-refractivity contribution in [2.24, 2.45) is 11.7 Å². The molecule has 2 unspecified atom stereocenters. The lowest BCUT2D eigenvalue weighted by Crippen LogP contribution is -2.45. The van der Waals surface area contributed by atoms with Crippen molar-refractivity contribution in [2.45, 2.75) is 25.8 Å². The Labute approximate surface area is 120 Å². The summed E-state index contributed by atoms with van der Waals surface area (Å²) in [6.07, 6.45) is 2.48. The maximum atomic E-state index is 6.06. The highest BCUT2D eigenvalue weighted by Crippen LogP contribution is 2.24. The molecule has 0 aliphatic carbocycles. The molecule has 1 saturated heterocycles. The molecule has 1 fully saturated rings. The maximum absolute atomic E-state index is 6.06. The van der Waals surface area contributed by atoms with Crippen LogP contribution in [0.4, 0.5) is 0 Å². The van der Waals surface area contributed by atoms with E-state index in [9.17, 15) is 0 Å². The van der Waals surface area contributed by atoms with Crippen LogP contribution in [0.1, 0.15) is 19.8 Å². The van der Waals surface area contributed by atoms with Gasteiger partial charge in [-0.15, -0.1) is 0 Å². The number of nitrogens with zero attached hydrogens (tertiary/aromatic N) is 1. The molecule has 2 N–H and O–H groups in total. The van der Waals surface area contributed by atoms with E-state index in [0.29, 0.717) is 23.6 Å². The van der Waals surface area contributed by atoms with Gasteiger partial charge in [-0.2, -0.15) is 0 Å². The number of para-hydroxylation sites is 1. The average Bonchev–Trinajstić information content (AvgIpc) is 2.43. The number of piperidine rings is 1. The van der Waals surface area contributed by atoms with E-state index in [0.717, 1.165) is 25.4 Å². The molecular formula is C15H23ClN2O. The Balaban J connectivity index is 1.80. The summed E-state index contributed by atoms with van der Waals surface area (Å²) >= 11 is 6.06. The van der Waals surface area contributed by atoms with Crippen molar-refractivity contribution >= 4 is 11.6 Å². The van der Waals surface area contributed by atoms with Crippen molar-refractivity contribution in [1.82, 2.24) is 4.90 Å². The minimum absolute atomic E-state index is 0.623. The van der Waals surface area contributed by atoms with Crippen LogP contribution >= 0.6 is 11.6 Å². The summed E-state index contributed by atoms with van der Waals surface area (Å²) in [7, 11) is 0. The predicted octanol–water partition coefficient (Wildman–Crippen LogP) is 2.78. The third-order valence-corrected chi connectivity index (χ3v) is 4.23. The largest absolute Gasteiger partial charge is 0.491 e. The molecule has 3 nitrogen and oxygen atoms in total. The first-order chi connectivity index (χ1) is 9.20. The summed E-state index contributed by atoms with van der Waals surface area (Å²) in [4.78, 5) is 2.47. The zero-order valence-electron chi connectivity index (χ0n) is 11.5. The van der Waals surface area contributed by atoms with Crippen molar-refractivity contribution in [2.75, 3.05) is 26.2 Å². The fourth-order valence-corrected chi connectivity index (χ4v) is 2.79. The van der Waals surface area contributed by atoms with Gasteiger partial charge in [0.05, 0.1) is 5.02 Å². The summed E-state index contributed by atoms with van der Waals surface area (Å²) < 4.78 is 5.75. The van der Waals surface area contributed by atoms with Crippen molar-refractivity contribution in [3.8, 4) is 5.75 Å². The van der Waals surface area contributed by atoms with Gasteiger partial charge in [-0.1, -0.05) is 23.7 Å². The van der Waals surface area contributed by atoms with Crippen molar-refractivity contribution in [1.29, 1.82) is 0 Å². The van der Waals surface area contributed by atoms with Gasteiger partial charge in [0, 0.05) is 19.1 Å². The van der Waals surface area contributed by atoms with Crippen LogP contribution < -0.4 is 10.5 Å². The monoisotopic (exact) mass is 282 g/mol. The molecule has 1 aliphatic heterocycles. The van der Waals surface area contributed by atoms with Gasteiger partial charge in [0.2, 0.25) is 0 Å². The Morgan fingerprint density at radius 3 is 2.89 bits per heavy atom. The highest BCUT2D eigenvalue weighted by molar-refractivity contribution is 6.32. The summed E-state index contributed by atoms with van der Waals surface area (Å²) in [5.41, 5.74) is 5.78. The molecule has 1 heterocycles. The van der Waals surface area contributed by atoms with Gasteiger partial charge in [0.1, 0.15) is 12.4 Å². The molecular weight excluding hydrogens is 260 g/mol. The van der Waals surface area contributed by atoms with Gasteiger partial charge in [-0.05, 0) is 44.4 Å². The molecule has 1 aromatic carbocycles. The van der Waals surface area contributed by atoms with E-state index in [1.807, 2.05) is 24.3 Å². The van der Waals surface area contributed by atoms with Crippen molar-refractivity contribution < 1.29 is 4.74 Å². The van der Waals surface area contributed by atoms with E-state index in [1.165, 1.54) is 12.8 Å². The number of hydrogen-bond donors (Lipinski definition) is 1. The highest BCUT2D eigenvalue weighted by Gasteiger charge is 2.24. The minimum Gasteiger partial charge on any atom is -0.491 e. The van der Waals surface area contributed by atoms with Gasteiger partial charge in [-0.25, -0.2) is 0 Å². The lowest BCUT2D eigenvalue weighted by atomic mass is 9.94. The molecule has 1 aliphatic rings. The predicted molar refractivity (Wildman–Crippen MR) is 79.8 cm³/mol. The molecule has 0 bridgehead atoms. The number of hydrogen-bond acceptors (Lipinski definition) is 3. The smallest absolute Gasteiger partial charge is 0.137 e. The van der Waals surface area contributed by atoms with E-state index < -0.39 is 0 Å². The Kier molecular flexibility index (Phi) is 5.49. The second-order valence-electron chi connectivity index (χ2n) is 5.30. The van der Waals surface area contributed by atoms with Crippen LogP contribution in [0, 0.1) is 5.92 Å². The van der Waals surface area contributed by atoms with Crippen LogP contribution in [0.25, 0.3) is 0 Å². The Hall–Kier alpha value is -0.770. The summed E-state index contributed by atoms with van der Waals surface area (Å²) in [6, 6.07) is 8.23. The van der Waals surface area contributed by atoms with Crippen LogP contribution in [0.2, 0.25) is 5.02 Å². The van der Waals surface area contributed by atoms with Gasteiger partial charge in [-0.3, -0.25) is 4.90 Å². The van der Waals surface area contributed by atoms with Crippen LogP contribution in [0.15, 0.2) is 24.3 Å². The standard InChI is InChI=1S/C15H23ClN2O/c1-12-6-7-13(10-17)11-18(12)8-9-19-15-5-3-2-4-14(15)16/h2-5,12-13H,6-11,17H2,1H3. The second kappa shape index (κ2) is 7.13. The number of benzene rings is 1. The van der Waals surface area contributed by atoms with Crippen molar-refractivity contribution in [3.05, 3.63) is 29.3 Å². The third kappa shape index (κ3) is 4.10. The van der Waals surface area contributed by atoms with Gasteiger partial charge >= 0.3 is 0 Å². The first-order valence-corrected chi connectivity index (χ1v) is 7.40. The van der Waals surface area contributed by atoms with E-state index in [2.05, 4.69) is 11.8 Å². The van der Waals surface area contributed by atoms with Crippen molar-refractivity contribution in [3.63, 3.8) is 0 Å². The topological polar surface area (TPSA) is 38.5 Å². The molecule has 2 atom stereocenters. The Morgan fingerprint density at radius 1 is 1.37 bits per heavy atom. The first-order valence-electron chi connectivity index (χ1n) is 7.02. The van der Waals surface area contributed by atoms with Crippen LogP contribution in [0.5, 0.6) is 5.75 Å². The molecule has 0 aromatic heterocycles. The summed E-state index contributed by atoms with van der Waals surface area (Å²) in [5.74, 6) is 1.40. The maximum Gasteiger partial charge on any atom is 0.137 e. The van der Waals surface area contributed by atoms with Crippen LogP contribution in [-0.4, -0.2) is 37.2 Å². The molecule has 2 rings (SSSR count). The molecule has 4 heteroatoms. The Bertz CT molecular complexity index is 399. The molecule has 106 valence electrons. The second-order valence-corrected chi connectivity index (χ2v) is 5.71. The van der Waals surface area contributed by atoms with Gasteiger partial charge in [0.15, 0.2) is 0 Å². The van der Waals surface area contributed by atoms with E-state index in [4.69, 9.17) is 22.1 Å². The molecule has 0 radical (unpaired) electrons. The molecule has 1 aromatic rings. The Morgan fingerprint density at radius 2 is 2.16 bits per heavy atom. The highest BCUT2D eigenvalue weighted by atomic mass is 35.5. The lowest BCUT2D eigenvalue weighted by molar-refractivity contribution is 0.102. The van der Waals surface area contributed by atoms with E-state index in [-0.39, 0.29) is 0 Å². The minimum atomic E-state index is 0.623. The number of halogens is 1. The molecule has 0 spiro atoms. The number of ether oxygens (including phenoxy) is 1. The fraction of sp³-hybridized carbons (Fsp3) is 0.600. The van der Waals surface area contributed by atoms with E-state index in [1.54, 1.807) is 0 Å². The van der Waals surface area contributed by atoms with Crippen LogP contribution in [-0.2, 0) is 0 Å². The zero-order valence-corrected chi connectivity index (χ0v) is 12.3. The van der Waals surface area contributed by atoms with Crippen LogP contribution in [0.3, 0.4) is 0 Å². The first kappa shape index (κ1) is 14.6. The quantitative estimate of drug-likeness (QED) is 0.902. The number of rotatable bonds is 5. The molecule has 19 heavy (non-hydrogen) atoms. The van der Waals surface area contributed by atoms with Gasteiger partial charge in [0.25, 0.3) is 0 Å². The summed E-state index contributed by atoms with van der Waals surface area (Å²) in [6.45, 7) is 5.76. The number of nitrogens with two attached hydrogens (primary N) is 1. The normalized spacial score (nSPS) is 24.4. The average molecular weight is 283 g/mol. The van der Waals surface area contributed by atoms with Gasteiger partial charge < -0.3 is 10.5 Å². The molecule has 0 saturated carbocycles. The van der Waals surface area contributed by atoms with E-state index >= 15 is 0 Å².